The van der Waals surface area contributed by atoms with Gasteiger partial charge in [-0.1, -0.05) is 22.0 Å². The van der Waals surface area contributed by atoms with Crippen LogP contribution in [0.2, 0.25) is 0 Å². The zero-order valence-corrected chi connectivity index (χ0v) is 10.3. The van der Waals surface area contributed by atoms with Crippen LogP contribution in [0.25, 0.3) is 0 Å². The Labute approximate surface area is 102 Å². The van der Waals surface area contributed by atoms with Crippen LogP contribution in [0.3, 0.4) is 0 Å². The van der Waals surface area contributed by atoms with Gasteiger partial charge in [-0.3, -0.25) is 0 Å². The number of nitrogens with one attached hydrogen (secondary N) is 2. The molecule has 86 valence electrons. The molecule has 1 aromatic rings. The number of anilines is 1. The first kappa shape index (κ1) is 11.4. The van der Waals surface area contributed by atoms with Crippen LogP contribution in [-0.4, -0.2) is 18.9 Å². The van der Waals surface area contributed by atoms with Gasteiger partial charge in [-0.15, -0.1) is 0 Å². The second-order valence-electron chi connectivity index (χ2n) is 3.61. The third-order valence-corrected chi connectivity index (χ3v) is 2.80. The Balaban J connectivity index is 1.86. The quantitative estimate of drug-likeness (QED) is 0.877. The van der Waals surface area contributed by atoms with Gasteiger partial charge in [-0.25, -0.2) is 4.79 Å². The molecule has 1 heterocycles. The van der Waals surface area contributed by atoms with Crippen molar-refractivity contribution < 1.29 is 9.53 Å². The van der Waals surface area contributed by atoms with Gasteiger partial charge in [-0.05, 0) is 31.0 Å². The summed E-state index contributed by atoms with van der Waals surface area (Å²) in [5.74, 6) is 0. The smallest absolute Gasteiger partial charge is 0.321 e. The van der Waals surface area contributed by atoms with Crippen LogP contribution in [0.1, 0.15) is 12.8 Å². The predicted molar refractivity (Wildman–Crippen MR) is 65.3 cm³/mol. The molecule has 16 heavy (non-hydrogen) atoms. The number of benzene rings is 1. The molecular weight excluding hydrogens is 272 g/mol. The lowest BCUT2D eigenvalue weighted by Crippen LogP contribution is -2.37. The van der Waals surface area contributed by atoms with Crippen LogP contribution in [0.5, 0.6) is 0 Å². The van der Waals surface area contributed by atoms with E-state index in [9.17, 15) is 4.79 Å². The van der Waals surface area contributed by atoms with E-state index in [0.29, 0.717) is 0 Å². The Morgan fingerprint density at radius 3 is 3.06 bits per heavy atom. The fourth-order valence-electron chi connectivity index (χ4n) is 1.57. The van der Waals surface area contributed by atoms with E-state index in [4.69, 9.17) is 4.74 Å². The molecule has 1 aromatic carbocycles. The van der Waals surface area contributed by atoms with Crippen molar-refractivity contribution in [2.45, 2.75) is 19.1 Å². The third-order valence-electron chi connectivity index (χ3n) is 2.30. The van der Waals surface area contributed by atoms with Crippen molar-refractivity contribution in [1.82, 2.24) is 5.32 Å². The van der Waals surface area contributed by atoms with Crippen molar-refractivity contribution in [3.63, 3.8) is 0 Å². The first-order chi connectivity index (χ1) is 7.74. The lowest BCUT2D eigenvalue weighted by molar-refractivity contribution is 0.0928. The summed E-state index contributed by atoms with van der Waals surface area (Å²) in [6.07, 6.45) is 1.74. The lowest BCUT2D eigenvalue weighted by Gasteiger charge is -2.12. The molecular formula is C11H13BrN2O2. The molecule has 4 nitrogen and oxygen atoms in total. The average Bonchev–Trinajstić information content (AvgIpc) is 2.70. The van der Waals surface area contributed by atoms with Gasteiger partial charge in [0, 0.05) is 16.8 Å². The van der Waals surface area contributed by atoms with Crippen LogP contribution in [0.15, 0.2) is 28.7 Å². The fourth-order valence-corrected chi connectivity index (χ4v) is 1.97. The fraction of sp³-hybridized carbons (Fsp3) is 0.364. The van der Waals surface area contributed by atoms with Crippen LogP contribution >= 0.6 is 15.9 Å². The largest absolute Gasteiger partial charge is 0.358 e. The van der Waals surface area contributed by atoms with Gasteiger partial charge >= 0.3 is 6.03 Å². The average molecular weight is 285 g/mol. The Morgan fingerprint density at radius 2 is 2.38 bits per heavy atom. The molecule has 1 aliphatic rings. The number of halogens is 1. The van der Waals surface area contributed by atoms with E-state index in [1.807, 2.05) is 24.3 Å². The van der Waals surface area contributed by atoms with E-state index in [1.165, 1.54) is 0 Å². The minimum Gasteiger partial charge on any atom is -0.358 e. The van der Waals surface area contributed by atoms with Gasteiger partial charge in [-0.2, -0.15) is 0 Å². The van der Waals surface area contributed by atoms with Gasteiger partial charge in [0.15, 0.2) is 0 Å². The normalized spacial score (nSPS) is 19.4. The van der Waals surface area contributed by atoms with Gasteiger partial charge in [0.1, 0.15) is 6.23 Å². The standard InChI is InChI=1S/C11H13BrN2O2/c12-8-3-1-4-9(7-8)13-11(15)14-10-5-2-6-16-10/h1,3-4,7,10H,2,5-6H2,(H2,13,14,15). The SMILES string of the molecule is O=C(Nc1cccc(Br)c1)NC1CCCO1. The maximum Gasteiger partial charge on any atom is 0.321 e. The zero-order chi connectivity index (χ0) is 11.4. The third kappa shape index (κ3) is 3.21. The van der Waals surface area contributed by atoms with Crippen molar-refractivity contribution in [3.8, 4) is 0 Å². The minimum absolute atomic E-state index is 0.146. The van der Waals surface area contributed by atoms with Crippen molar-refractivity contribution in [3.05, 3.63) is 28.7 Å². The van der Waals surface area contributed by atoms with E-state index in [0.717, 1.165) is 29.6 Å². The van der Waals surface area contributed by atoms with Gasteiger partial charge in [0.2, 0.25) is 0 Å². The van der Waals surface area contributed by atoms with Crippen LogP contribution < -0.4 is 10.6 Å². The highest BCUT2D eigenvalue weighted by atomic mass is 79.9. The number of carbonyl (C=O) groups excluding carboxylic acids is 1. The zero-order valence-electron chi connectivity index (χ0n) is 8.70. The number of hydrogen-bond donors (Lipinski definition) is 2. The molecule has 1 saturated heterocycles. The lowest BCUT2D eigenvalue weighted by atomic mass is 10.3. The summed E-state index contributed by atoms with van der Waals surface area (Å²) >= 11 is 3.34. The summed E-state index contributed by atoms with van der Waals surface area (Å²) < 4.78 is 6.24. The molecule has 0 spiro atoms. The van der Waals surface area contributed by atoms with Crippen molar-refractivity contribution in [2.75, 3.05) is 11.9 Å². The molecule has 0 aromatic heterocycles. The monoisotopic (exact) mass is 284 g/mol. The second-order valence-corrected chi connectivity index (χ2v) is 4.53. The first-order valence-electron chi connectivity index (χ1n) is 5.19. The second kappa shape index (κ2) is 5.32. The van der Waals surface area contributed by atoms with E-state index in [-0.39, 0.29) is 12.3 Å². The molecule has 2 amide bonds. The number of ether oxygens (including phenoxy) is 1. The molecule has 2 rings (SSSR count). The molecule has 1 aliphatic heterocycles. The Bertz CT molecular complexity index is 378. The summed E-state index contributed by atoms with van der Waals surface area (Å²) in [4.78, 5) is 11.6. The molecule has 1 atom stereocenters. The molecule has 2 N–H and O–H groups in total. The number of carbonyl (C=O) groups is 1. The number of urea groups is 1. The van der Waals surface area contributed by atoms with E-state index < -0.39 is 0 Å². The van der Waals surface area contributed by atoms with Gasteiger partial charge < -0.3 is 15.4 Å². The Hall–Kier alpha value is -1.07. The molecule has 5 heteroatoms. The first-order valence-corrected chi connectivity index (χ1v) is 5.98. The highest BCUT2D eigenvalue weighted by Gasteiger charge is 2.17. The van der Waals surface area contributed by atoms with Crippen LogP contribution in [0.4, 0.5) is 10.5 Å². The minimum atomic E-state index is -0.231. The van der Waals surface area contributed by atoms with E-state index >= 15 is 0 Å². The number of rotatable bonds is 2. The summed E-state index contributed by atoms with van der Waals surface area (Å²) in [6.45, 7) is 0.724. The topological polar surface area (TPSA) is 50.4 Å². The maximum absolute atomic E-state index is 11.6. The maximum atomic E-state index is 11.6. The van der Waals surface area contributed by atoms with E-state index in [2.05, 4.69) is 26.6 Å². The molecule has 0 radical (unpaired) electrons. The number of hydrogen-bond acceptors (Lipinski definition) is 2. The highest BCUT2D eigenvalue weighted by Crippen LogP contribution is 2.15. The highest BCUT2D eigenvalue weighted by molar-refractivity contribution is 9.10. The molecule has 1 fully saturated rings. The summed E-state index contributed by atoms with van der Waals surface area (Å²) in [5.41, 5.74) is 0.755. The van der Waals surface area contributed by atoms with Crippen LogP contribution in [-0.2, 0) is 4.74 Å². The Morgan fingerprint density at radius 1 is 1.50 bits per heavy atom. The number of amides is 2. The van der Waals surface area contributed by atoms with Crippen molar-refractivity contribution >= 4 is 27.6 Å². The van der Waals surface area contributed by atoms with E-state index in [1.54, 1.807) is 0 Å². The van der Waals surface area contributed by atoms with Gasteiger partial charge in [0.05, 0.1) is 0 Å². The molecule has 0 aliphatic carbocycles. The molecule has 0 bridgehead atoms. The van der Waals surface area contributed by atoms with Gasteiger partial charge in [0.25, 0.3) is 0 Å². The van der Waals surface area contributed by atoms with Crippen molar-refractivity contribution in [2.24, 2.45) is 0 Å². The molecule has 1 unspecified atom stereocenters. The predicted octanol–water partition coefficient (Wildman–Crippen LogP) is 2.71. The molecule has 0 saturated carbocycles. The Kier molecular flexibility index (Phi) is 3.79. The summed E-state index contributed by atoms with van der Waals surface area (Å²) in [7, 11) is 0. The summed E-state index contributed by atoms with van der Waals surface area (Å²) in [5, 5.41) is 5.51. The summed E-state index contributed by atoms with van der Waals surface area (Å²) in [6, 6.07) is 7.22. The van der Waals surface area contributed by atoms with Crippen LogP contribution in [0, 0.1) is 0 Å². The van der Waals surface area contributed by atoms with Crippen molar-refractivity contribution in [1.29, 1.82) is 0 Å².